The molecule has 0 aliphatic carbocycles. The minimum absolute atomic E-state index is 0.270. The lowest BCUT2D eigenvalue weighted by Crippen LogP contribution is -2.11. The van der Waals surface area contributed by atoms with Crippen LogP contribution in [0.5, 0.6) is 11.5 Å². The third-order valence-corrected chi connectivity index (χ3v) is 3.11. The molecule has 0 radical (unpaired) electrons. The van der Waals surface area contributed by atoms with Gasteiger partial charge in [-0.1, -0.05) is 19.9 Å². The van der Waals surface area contributed by atoms with Crippen LogP contribution in [-0.2, 0) is 9.53 Å². The number of hydrogen-bond acceptors (Lipinski definition) is 4. The van der Waals surface area contributed by atoms with Gasteiger partial charge < -0.3 is 14.2 Å². The second kappa shape index (κ2) is 7.72. The van der Waals surface area contributed by atoms with Crippen molar-refractivity contribution in [3.05, 3.63) is 29.8 Å². The van der Waals surface area contributed by atoms with Crippen LogP contribution < -0.4 is 9.47 Å². The van der Waals surface area contributed by atoms with Crippen LogP contribution in [-0.4, -0.2) is 26.3 Å². The number of carbonyl (C=O) groups is 1. The smallest absolute Gasteiger partial charge is 0.303 e. The van der Waals surface area contributed by atoms with Crippen molar-refractivity contribution in [2.24, 2.45) is 5.92 Å². The van der Waals surface area contributed by atoms with E-state index in [1.807, 2.05) is 31.2 Å². The lowest BCUT2D eigenvalue weighted by atomic mass is 9.93. The summed E-state index contributed by atoms with van der Waals surface area (Å²) < 4.78 is 15.8. The Hall–Kier alpha value is -1.97. The van der Waals surface area contributed by atoms with Gasteiger partial charge in [0, 0.05) is 6.92 Å². The normalized spacial score (nSPS) is 13.0. The van der Waals surface area contributed by atoms with Crippen LogP contribution in [0.2, 0.25) is 0 Å². The molecular weight excluding hydrogens is 268 g/mol. The van der Waals surface area contributed by atoms with E-state index in [9.17, 15) is 4.79 Å². The molecule has 0 fully saturated rings. The molecule has 1 rings (SSSR count). The Kier molecular flexibility index (Phi) is 6.28. The van der Waals surface area contributed by atoms with Crippen LogP contribution >= 0.6 is 0 Å². The van der Waals surface area contributed by atoms with Crippen molar-refractivity contribution >= 4 is 11.5 Å². The van der Waals surface area contributed by atoms with Crippen molar-refractivity contribution in [2.75, 3.05) is 14.2 Å². The Bertz CT molecular complexity index is 518. The number of allylic oxidation sites excluding steroid dienone is 1. The number of benzene rings is 1. The highest BCUT2D eigenvalue weighted by atomic mass is 16.5. The van der Waals surface area contributed by atoms with E-state index in [0.717, 1.165) is 11.1 Å². The van der Waals surface area contributed by atoms with Gasteiger partial charge in [0.05, 0.1) is 14.2 Å². The maximum atomic E-state index is 11.0. The molecule has 0 amide bonds. The van der Waals surface area contributed by atoms with Gasteiger partial charge in [-0.05, 0) is 42.2 Å². The highest BCUT2D eigenvalue weighted by molar-refractivity contribution is 5.71. The van der Waals surface area contributed by atoms with Gasteiger partial charge >= 0.3 is 5.97 Å². The summed E-state index contributed by atoms with van der Waals surface area (Å²) in [6.45, 7) is 7.46. The van der Waals surface area contributed by atoms with E-state index < -0.39 is 0 Å². The van der Waals surface area contributed by atoms with E-state index in [1.54, 1.807) is 14.2 Å². The predicted molar refractivity (Wildman–Crippen MR) is 83.6 cm³/mol. The van der Waals surface area contributed by atoms with Crippen molar-refractivity contribution in [1.82, 2.24) is 0 Å². The Morgan fingerprint density at radius 2 is 1.71 bits per heavy atom. The van der Waals surface area contributed by atoms with Gasteiger partial charge in [-0.3, -0.25) is 4.79 Å². The first-order valence-corrected chi connectivity index (χ1v) is 7.00. The summed E-state index contributed by atoms with van der Waals surface area (Å²) in [5, 5.41) is 0. The van der Waals surface area contributed by atoms with Crippen LogP contribution in [0.1, 0.15) is 33.3 Å². The second-order valence-corrected chi connectivity index (χ2v) is 5.16. The molecule has 0 bridgehead atoms. The molecule has 4 nitrogen and oxygen atoms in total. The minimum Gasteiger partial charge on any atom is -0.493 e. The molecule has 1 atom stereocenters. The summed E-state index contributed by atoms with van der Waals surface area (Å²) in [4.78, 5) is 11.0. The van der Waals surface area contributed by atoms with Crippen molar-refractivity contribution in [2.45, 2.75) is 33.8 Å². The standard InChI is InChI=1S/C17H24O4/c1-11(2)15(9-12(3)21-13(4)18)14-7-8-16(19-5)17(10-14)20-6/h7-12H,1-6H3/b15-9-. The average Bonchev–Trinajstić information content (AvgIpc) is 2.43. The Morgan fingerprint density at radius 3 is 2.19 bits per heavy atom. The van der Waals surface area contributed by atoms with Gasteiger partial charge in [0.1, 0.15) is 6.10 Å². The maximum Gasteiger partial charge on any atom is 0.303 e. The average molecular weight is 292 g/mol. The molecule has 0 aliphatic rings. The minimum atomic E-state index is -0.283. The summed E-state index contributed by atoms with van der Waals surface area (Å²) in [7, 11) is 3.22. The first-order chi connectivity index (χ1) is 9.88. The van der Waals surface area contributed by atoms with E-state index >= 15 is 0 Å². The number of esters is 1. The predicted octanol–water partition coefficient (Wildman–Crippen LogP) is 3.69. The molecular formula is C17H24O4. The fraction of sp³-hybridized carbons (Fsp3) is 0.471. The number of rotatable bonds is 6. The molecule has 116 valence electrons. The zero-order valence-corrected chi connectivity index (χ0v) is 13.6. The molecule has 0 spiro atoms. The lowest BCUT2D eigenvalue weighted by molar-refractivity contribution is -0.143. The lowest BCUT2D eigenvalue weighted by Gasteiger charge is -2.17. The number of hydrogen-bond donors (Lipinski definition) is 0. The molecule has 0 saturated heterocycles. The summed E-state index contributed by atoms with van der Waals surface area (Å²) >= 11 is 0. The number of ether oxygens (including phenoxy) is 3. The summed E-state index contributed by atoms with van der Waals surface area (Å²) in [5.74, 6) is 1.38. The summed E-state index contributed by atoms with van der Waals surface area (Å²) in [5.41, 5.74) is 2.13. The topological polar surface area (TPSA) is 44.8 Å². The van der Waals surface area contributed by atoms with Crippen LogP contribution in [0.25, 0.3) is 5.57 Å². The van der Waals surface area contributed by atoms with E-state index in [1.165, 1.54) is 6.92 Å². The zero-order chi connectivity index (χ0) is 16.0. The molecule has 1 unspecified atom stereocenters. The SMILES string of the molecule is COc1ccc(/C(=C\C(C)OC(C)=O)C(C)C)cc1OC. The first-order valence-electron chi connectivity index (χ1n) is 7.00. The van der Waals surface area contributed by atoms with Crippen molar-refractivity contribution < 1.29 is 19.0 Å². The Balaban J connectivity index is 3.17. The molecule has 1 aromatic carbocycles. The van der Waals surface area contributed by atoms with Crippen LogP contribution in [0.3, 0.4) is 0 Å². The number of methoxy groups -OCH3 is 2. The Labute approximate surface area is 126 Å². The second-order valence-electron chi connectivity index (χ2n) is 5.16. The fourth-order valence-corrected chi connectivity index (χ4v) is 2.19. The first kappa shape index (κ1) is 17.1. The third kappa shape index (κ3) is 4.81. The maximum absolute atomic E-state index is 11.0. The molecule has 0 heterocycles. The van der Waals surface area contributed by atoms with Gasteiger partial charge in [0.2, 0.25) is 0 Å². The molecule has 0 N–H and O–H groups in total. The van der Waals surface area contributed by atoms with Crippen LogP contribution in [0.4, 0.5) is 0 Å². The monoisotopic (exact) mass is 292 g/mol. The van der Waals surface area contributed by atoms with Crippen molar-refractivity contribution in [1.29, 1.82) is 0 Å². The highest BCUT2D eigenvalue weighted by Crippen LogP contribution is 2.33. The fourth-order valence-electron chi connectivity index (χ4n) is 2.19. The van der Waals surface area contributed by atoms with Crippen molar-refractivity contribution in [3.8, 4) is 11.5 Å². The van der Waals surface area contributed by atoms with Gasteiger partial charge in [0.15, 0.2) is 11.5 Å². The summed E-state index contributed by atoms with van der Waals surface area (Å²) in [6.07, 6.45) is 1.70. The van der Waals surface area contributed by atoms with Gasteiger partial charge in [-0.25, -0.2) is 0 Å². The summed E-state index contributed by atoms with van der Waals surface area (Å²) in [6, 6.07) is 5.79. The Morgan fingerprint density at radius 1 is 1.10 bits per heavy atom. The van der Waals surface area contributed by atoms with Crippen molar-refractivity contribution in [3.63, 3.8) is 0 Å². The van der Waals surface area contributed by atoms with Gasteiger partial charge in [0.25, 0.3) is 0 Å². The molecule has 1 aromatic rings. The zero-order valence-electron chi connectivity index (χ0n) is 13.6. The molecule has 21 heavy (non-hydrogen) atoms. The van der Waals surface area contributed by atoms with E-state index in [0.29, 0.717) is 17.4 Å². The molecule has 0 aliphatic heterocycles. The highest BCUT2D eigenvalue weighted by Gasteiger charge is 2.13. The third-order valence-electron chi connectivity index (χ3n) is 3.11. The quantitative estimate of drug-likeness (QED) is 0.750. The van der Waals surface area contributed by atoms with Crippen LogP contribution in [0, 0.1) is 5.92 Å². The van der Waals surface area contributed by atoms with Gasteiger partial charge in [-0.2, -0.15) is 0 Å². The van der Waals surface area contributed by atoms with E-state index in [2.05, 4.69) is 13.8 Å². The van der Waals surface area contributed by atoms with Crippen LogP contribution in [0.15, 0.2) is 24.3 Å². The number of carbonyl (C=O) groups excluding carboxylic acids is 1. The largest absolute Gasteiger partial charge is 0.493 e. The van der Waals surface area contributed by atoms with Gasteiger partial charge in [-0.15, -0.1) is 0 Å². The molecule has 4 heteroatoms. The molecule has 0 aromatic heterocycles. The van der Waals surface area contributed by atoms with E-state index in [-0.39, 0.29) is 12.1 Å². The molecule has 0 saturated carbocycles. The van der Waals surface area contributed by atoms with E-state index in [4.69, 9.17) is 14.2 Å².